The summed E-state index contributed by atoms with van der Waals surface area (Å²) in [6, 6.07) is 10.4. The Hall–Kier alpha value is -2.45. The van der Waals surface area contributed by atoms with E-state index >= 15 is 0 Å². The van der Waals surface area contributed by atoms with Crippen LogP contribution in [0.15, 0.2) is 42.6 Å². The van der Waals surface area contributed by atoms with Gasteiger partial charge in [0.25, 0.3) is 0 Å². The van der Waals surface area contributed by atoms with Crippen molar-refractivity contribution in [1.82, 2.24) is 4.57 Å². The van der Waals surface area contributed by atoms with Gasteiger partial charge in [-0.15, -0.1) is 0 Å². The highest BCUT2D eigenvalue weighted by Gasteiger charge is 2.22. The van der Waals surface area contributed by atoms with E-state index in [2.05, 4.69) is 0 Å². The monoisotopic (exact) mass is 495 g/mol. The minimum atomic E-state index is -1.00. The first-order valence-corrected chi connectivity index (χ1v) is 11.2. The van der Waals surface area contributed by atoms with Gasteiger partial charge in [0.2, 0.25) is 0 Å². The minimum absolute atomic E-state index is 0.0000692. The van der Waals surface area contributed by atoms with Gasteiger partial charge in [-0.05, 0) is 49.7 Å². The van der Waals surface area contributed by atoms with Crippen LogP contribution in [0, 0.1) is 0 Å². The molecule has 0 saturated heterocycles. The number of benzene rings is 2. The highest BCUT2D eigenvalue weighted by molar-refractivity contribution is 6.34. The predicted molar refractivity (Wildman–Crippen MR) is 128 cm³/mol. The number of rotatable bonds is 11. The number of halogens is 2. The first kappa shape index (κ1) is 25.2. The van der Waals surface area contributed by atoms with Gasteiger partial charge >= 0.3 is 5.97 Å². The number of hydrogen-bond donors (Lipinski definition) is 2. The Morgan fingerprint density at radius 1 is 1.09 bits per heavy atom. The van der Waals surface area contributed by atoms with Crippen LogP contribution in [0.3, 0.4) is 0 Å². The van der Waals surface area contributed by atoms with E-state index in [9.17, 15) is 15.0 Å². The molecule has 0 aliphatic rings. The van der Waals surface area contributed by atoms with Gasteiger partial charge in [0.15, 0.2) is 6.10 Å². The molecule has 9 heteroatoms. The lowest BCUT2D eigenvalue weighted by atomic mass is 10.1. The number of carboxylic acid groups (broad SMARTS) is 1. The Morgan fingerprint density at radius 2 is 1.82 bits per heavy atom. The van der Waals surface area contributed by atoms with E-state index in [1.54, 1.807) is 38.1 Å². The molecule has 0 aliphatic carbocycles. The molecule has 0 amide bonds. The molecule has 0 spiro atoms. The lowest BCUT2D eigenvalue weighted by Gasteiger charge is -2.16. The first-order valence-electron chi connectivity index (χ1n) is 10.5. The van der Waals surface area contributed by atoms with Gasteiger partial charge in [0.1, 0.15) is 30.8 Å². The molecule has 0 fully saturated rings. The van der Waals surface area contributed by atoms with Crippen molar-refractivity contribution in [3.8, 4) is 11.5 Å². The molecule has 0 bridgehead atoms. The second-order valence-electron chi connectivity index (χ2n) is 8.01. The highest BCUT2D eigenvalue weighted by Crippen LogP contribution is 2.29. The average molecular weight is 496 g/mol. The molecule has 1 heterocycles. The lowest BCUT2D eigenvalue weighted by Crippen LogP contribution is -2.29. The summed E-state index contributed by atoms with van der Waals surface area (Å²) in [6.45, 7) is 3.59. The second-order valence-corrected chi connectivity index (χ2v) is 8.85. The highest BCUT2D eigenvalue weighted by atomic mass is 35.5. The standard InChI is InChI=1S/C24H27Cl2NO6/c1-14(2)33-23(24(29)30)8-15-11-27(3)21-7-5-18(10-19(15)21)31-12-17(28)13-32-22-9-16(25)4-6-20(22)26/h4-7,9-11,14,17,23,28H,8,12-13H2,1-3H3,(H,29,30). The minimum Gasteiger partial charge on any atom is -0.491 e. The van der Waals surface area contributed by atoms with Crippen molar-refractivity contribution in [2.45, 2.75) is 38.6 Å². The lowest BCUT2D eigenvalue weighted by molar-refractivity contribution is -0.153. The molecular weight excluding hydrogens is 469 g/mol. The van der Waals surface area contributed by atoms with Crippen LogP contribution in [0.1, 0.15) is 19.4 Å². The van der Waals surface area contributed by atoms with Crippen molar-refractivity contribution < 1.29 is 29.2 Å². The predicted octanol–water partition coefficient (Wildman–Crippen LogP) is 4.72. The summed E-state index contributed by atoms with van der Waals surface area (Å²) in [5.41, 5.74) is 1.77. The number of nitrogens with zero attached hydrogens (tertiary/aromatic N) is 1. The molecule has 2 N–H and O–H groups in total. The number of aliphatic hydroxyl groups is 1. The van der Waals surface area contributed by atoms with Gasteiger partial charge < -0.3 is 29.0 Å². The average Bonchev–Trinajstić information content (AvgIpc) is 3.06. The van der Waals surface area contributed by atoms with Gasteiger partial charge in [0, 0.05) is 41.7 Å². The van der Waals surface area contributed by atoms with Crippen LogP contribution in [0.4, 0.5) is 0 Å². The summed E-state index contributed by atoms with van der Waals surface area (Å²) in [5, 5.41) is 21.5. The van der Waals surface area contributed by atoms with Crippen molar-refractivity contribution in [1.29, 1.82) is 0 Å². The summed E-state index contributed by atoms with van der Waals surface area (Å²) in [7, 11) is 1.90. The quantitative estimate of drug-likeness (QED) is 0.399. The Balaban J connectivity index is 1.66. The van der Waals surface area contributed by atoms with Crippen LogP contribution in [0.5, 0.6) is 11.5 Å². The number of carboxylic acids is 1. The Morgan fingerprint density at radius 3 is 2.52 bits per heavy atom. The molecule has 0 aliphatic heterocycles. The van der Waals surface area contributed by atoms with E-state index < -0.39 is 18.2 Å². The Labute approximate surface area is 202 Å². The van der Waals surface area contributed by atoms with E-state index in [-0.39, 0.29) is 25.7 Å². The van der Waals surface area contributed by atoms with Crippen molar-refractivity contribution in [3.63, 3.8) is 0 Å². The third kappa shape index (κ3) is 6.77. The maximum absolute atomic E-state index is 11.6. The molecule has 178 valence electrons. The molecule has 3 aromatic rings. The molecule has 7 nitrogen and oxygen atoms in total. The maximum Gasteiger partial charge on any atom is 0.333 e. The van der Waals surface area contributed by atoms with Crippen molar-refractivity contribution >= 4 is 40.1 Å². The molecule has 2 atom stereocenters. The first-order chi connectivity index (χ1) is 15.6. The summed E-state index contributed by atoms with van der Waals surface area (Å²) in [4.78, 5) is 11.6. The van der Waals surface area contributed by atoms with Crippen LogP contribution in [-0.2, 0) is 23.0 Å². The topological polar surface area (TPSA) is 90.2 Å². The number of aryl methyl sites for hydroxylation is 1. The molecule has 0 saturated carbocycles. The van der Waals surface area contributed by atoms with Gasteiger partial charge in [-0.1, -0.05) is 23.2 Å². The summed E-state index contributed by atoms with van der Waals surface area (Å²) in [5.74, 6) is -0.0716. The van der Waals surface area contributed by atoms with Crippen LogP contribution in [0.25, 0.3) is 10.9 Å². The molecule has 1 aromatic heterocycles. The number of fused-ring (bicyclic) bond motifs is 1. The molecule has 0 radical (unpaired) electrons. The van der Waals surface area contributed by atoms with Crippen LogP contribution in [0.2, 0.25) is 10.0 Å². The van der Waals surface area contributed by atoms with Gasteiger partial charge in [-0.3, -0.25) is 0 Å². The fourth-order valence-corrected chi connectivity index (χ4v) is 3.78. The smallest absolute Gasteiger partial charge is 0.333 e. The third-order valence-corrected chi connectivity index (χ3v) is 5.47. The normalized spacial score (nSPS) is 13.3. The summed E-state index contributed by atoms with van der Waals surface area (Å²) in [6.07, 6.45) is 0.0705. The zero-order chi connectivity index (χ0) is 24.1. The molecule has 2 aromatic carbocycles. The molecule has 33 heavy (non-hydrogen) atoms. The SMILES string of the molecule is CC(C)OC(Cc1cn(C)c2ccc(OCC(O)COc3cc(Cl)ccc3Cl)cc12)C(=O)O. The van der Waals surface area contributed by atoms with Crippen LogP contribution in [-0.4, -0.2) is 52.3 Å². The van der Waals surface area contributed by atoms with Crippen LogP contribution < -0.4 is 9.47 Å². The largest absolute Gasteiger partial charge is 0.491 e. The zero-order valence-electron chi connectivity index (χ0n) is 18.6. The number of aliphatic carboxylic acids is 1. The number of hydrogen-bond acceptors (Lipinski definition) is 5. The second kappa shape index (κ2) is 11.1. The van der Waals surface area contributed by atoms with Gasteiger partial charge in [-0.25, -0.2) is 4.79 Å². The molecule has 2 unspecified atom stereocenters. The fourth-order valence-electron chi connectivity index (χ4n) is 3.44. The summed E-state index contributed by atoms with van der Waals surface area (Å²) >= 11 is 12.0. The van der Waals surface area contributed by atoms with Gasteiger partial charge in [0.05, 0.1) is 11.1 Å². The summed E-state index contributed by atoms with van der Waals surface area (Å²) < 4.78 is 18.8. The molecular formula is C24H27Cl2NO6. The third-order valence-electron chi connectivity index (χ3n) is 4.93. The van der Waals surface area contributed by atoms with Crippen molar-refractivity contribution in [2.24, 2.45) is 7.05 Å². The van der Waals surface area contributed by atoms with E-state index in [1.165, 1.54) is 0 Å². The van der Waals surface area contributed by atoms with Gasteiger partial charge in [-0.2, -0.15) is 0 Å². The van der Waals surface area contributed by atoms with E-state index in [1.807, 2.05) is 29.9 Å². The van der Waals surface area contributed by atoms with E-state index in [4.69, 9.17) is 37.4 Å². The van der Waals surface area contributed by atoms with Crippen molar-refractivity contribution in [2.75, 3.05) is 13.2 Å². The number of aromatic nitrogens is 1. The number of carbonyl (C=O) groups is 1. The Kier molecular flexibility index (Phi) is 8.48. The van der Waals surface area contributed by atoms with Crippen molar-refractivity contribution in [3.05, 3.63) is 58.2 Å². The Bertz CT molecular complexity index is 1110. The number of aliphatic hydroxyl groups excluding tert-OH is 1. The van der Waals surface area contributed by atoms with E-state index in [0.717, 1.165) is 16.5 Å². The van der Waals surface area contributed by atoms with Crippen LogP contribution >= 0.6 is 23.2 Å². The number of ether oxygens (including phenoxy) is 3. The maximum atomic E-state index is 11.6. The van der Waals surface area contributed by atoms with E-state index in [0.29, 0.717) is 21.5 Å². The fraction of sp³-hybridized carbons (Fsp3) is 0.375. The molecule has 3 rings (SSSR count). The zero-order valence-corrected chi connectivity index (χ0v) is 20.1.